The minimum Gasteiger partial charge on any atom is -0.444 e. The van der Waals surface area contributed by atoms with Gasteiger partial charge in [-0.3, -0.25) is 14.6 Å². The second kappa shape index (κ2) is 9.97. The van der Waals surface area contributed by atoms with E-state index < -0.39 is 11.7 Å². The molecule has 174 valence electrons. The van der Waals surface area contributed by atoms with Gasteiger partial charge in [-0.05, 0) is 53.4 Å². The van der Waals surface area contributed by atoms with E-state index in [9.17, 15) is 9.59 Å². The topological polar surface area (TPSA) is 114 Å². The van der Waals surface area contributed by atoms with Crippen molar-refractivity contribution < 1.29 is 14.3 Å². The van der Waals surface area contributed by atoms with Crippen LogP contribution in [0.1, 0.15) is 53.4 Å². The highest BCUT2D eigenvalue weighted by atomic mass is 16.6. The van der Waals surface area contributed by atoms with Crippen molar-refractivity contribution in [3.63, 3.8) is 0 Å². The van der Waals surface area contributed by atoms with E-state index in [-0.39, 0.29) is 18.1 Å². The summed E-state index contributed by atoms with van der Waals surface area (Å²) in [4.78, 5) is 35.6. The lowest BCUT2D eigenvalue weighted by Gasteiger charge is -2.36. The molecule has 10 heteroatoms. The Morgan fingerprint density at radius 1 is 1.16 bits per heavy atom. The Bertz CT molecular complexity index is 912. The summed E-state index contributed by atoms with van der Waals surface area (Å²) in [5, 5.41) is 9.98. The van der Waals surface area contributed by atoms with Gasteiger partial charge in [0.15, 0.2) is 5.82 Å². The highest BCUT2D eigenvalue weighted by Gasteiger charge is 2.32. The summed E-state index contributed by atoms with van der Waals surface area (Å²) in [5.74, 6) is 0.507. The molecular formula is C22H33N7O3. The number of urea groups is 1. The molecule has 1 fully saturated rings. The normalized spacial score (nSPS) is 18.7. The Morgan fingerprint density at radius 3 is 2.41 bits per heavy atom. The number of hydrogen-bond acceptors (Lipinski definition) is 6. The molecule has 0 atom stereocenters. The fraction of sp³-hybridized carbons (Fsp3) is 0.591. The molecule has 0 aliphatic heterocycles. The van der Waals surface area contributed by atoms with Gasteiger partial charge in [0.1, 0.15) is 5.60 Å². The van der Waals surface area contributed by atoms with Gasteiger partial charge in [-0.15, -0.1) is 0 Å². The Morgan fingerprint density at radius 2 is 1.88 bits per heavy atom. The molecule has 2 aromatic rings. The molecule has 2 N–H and O–H groups in total. The van der Waals surface area contributed by atoms with Crippen LogP contribution in [0.2, 0.25) is 0 Å². The Hall–Kier alpha value is -3.17. The largest absolute Gasteiger partial charge is 0.444 e. The summed E-state index contributed by atoms with van der Waals surface area (Å²) >= 11 is 0. The van der Waals surface area contributed by atoms with Crippen LogP contribution in [0.3, 0.4) is 0 Å². The maximum atomic E-state index is 12.9. The van der Waals surface area contributed by atoms with E-state index in [1.54, 1.807) is 28.2 Å². The second-order valence-corrected chi connectivity index (χ2v) is 9.02. The Labute approximate surface area is 188 Å². The lowest BCUT2D eigenvalue weighted by atomic mass is 9.90. The second-order valence-electron chi connectivity index (χ2n) is 9.02. The van der Waals surface area contributed by atoms with E-state index in [2.05, 4.69) is 25.7 Å². The van der Waals surface area contributed by atoms with Crippen LogP contribution in [0, 0.1) is 0 Å². The van der Waals surface area contributed by atoms with Crippen LogP contribution in [0.4, 0.5) is 15.4 Å². The SMILES string of the molecule is CCNC(=O)N(c1cnc(-c2cnn(C)c2)cn1)[C@H]1CC[C@H](NC(=O)OC(C)(C)C)CC1. The quantitative estimate of drug-likeness (QED) is 0.733. The van der Waals surface area contributed by atoms with E-state index in [0.29, 0.717) is 18.1 Å². The van der Waals surface area contributed by atoms with Crippen LogP contribution < -0.4 is 15.5 Å². The van der Waals surface area contributed by atoms with E-state index in [1.807, 2.05) is 40.9 Å². The number of aromatic nitrogens is 4. The van der Waals surface area contributed by atoms with Crippen molar-refractivity contribution in [1.29, 1.82) is 0 Å². The van der Waals surface area contributed by atoms with Crippen molar-refractivity contribution in [2.24, 2.45) is 7.05 Å². The molecule has 0 radical (unpaired) electrons. The third kappa shape index (κ3) is 6.18. The fourth-order valence-corrected chi connectivity index (χ4v) is 3.79. The molecule has 32 heavy (non-hydrogen) atoms. The van der Waals surface area contributed by atoms with E-state index in [0.717, 1.165) is 31.2 Å². The van der Waals surface area contributed by atoms with Crippen LogP contribution in [-0.2, 0) is 11.8 Å². The first-order valence-electron chi connectivity index (χ1n) is 11.0. The predicted molar refractivity (Wildman–Crippen MR) is 121 cm³/mol. The van der Waals surface area contributed by atoms with Crippen molar-refractivity contribution in [3.8, 4) is 11.3 Å². The molecule has 2 heterocycles. The number of hydrogen-bond donors (Lipinski definition) is 2. The number of amides is 3. The van der Waals surface area contributed by atoms with Gasteiger partial charge in [0.2, 0.25) is 0 Å². The maximum Gasteiger partial charge on any atom is 0.407 e. The molecule has 0 saturated heterocycles. The monoisotopic (exact) mass is 443 g/mol. The number of carbonyl (C=O) groups is 2. The predicted octanol–water partition coefficient (Wildman–Crippen LogP) is 3.25. The number of rotatable bonds is 5. The molecule has 0 unspecified atom stereocenters. The zero-order valence-corrected chi connectivity index (χ0v) is 19.5. The molecule has 10 nitrogen and oxygen atoms in total. The first-order valence-corrected chi connectivity index (χ1v) is 11.0. The van der Waals surface area contributed by atoms with Crippen molar-refractivity contribution in [1.82, 2.24) is 30.4 Å². The van der Waals surface area contributed by atoms with Crippen molar-refractivity contribution in [2.45, 2.75) is 71.1 Å². The molecule has 0 bridgehead atoms. The minimum atomic E-state index is -0.531. The standard InChI is InChI=1S/C22H33N7O3/c1-6-23-20(30)29(19-13-24-18(12-25-19)15-11-26-28(5)14-15)17-9-7-16(8-10-17)27-21(31)32-22(2,3)4/h11-14,16-17H,6-10H2,1-5H3,(H,23,30)(H,27,31)/t16-,17-. The molecule has 3 amide bonds. The molecule has 0 spiro atoms. The summed E-state index contributed by atoms with van der Waals surface area (Å²) in [6, 6.07) is -0.201. The maximum absolute atomic E-state index is 12.9. The summed E-state index contributed by atoms with van der Waals surface area (Å²) < 4.78 is 7.06. The molecular weight excluding hydrogens is 410 g/mol. The average molecular weight is 444 g/mol. The highest BCUT2D eigenvalue weighted by molar-refractivity contribution is 5.91. The molecule has 3 rings (SSSR count). The Kier molecular flexibility index (Phi) is 7.32. The highest BCUT2D eigenvalue weighted by Crippen LogP contribution is 2.27. The van der Waals surface area contributed by atoms with Gasteiger partial charge >= 0.3 is 12.1 Å². The minimum absolute atomic E-state index is 0.0243. The van der Waals surface area contributed by atoms with Gasteiger partial charge in [0, 0.05) is 37.4 Å². The van der Waals surface area contributed by atoms with Gasteiger partial charge in [0.05, 0.1) is 24.3 Å². The zero-order chi connectivity index (χ0) is 23.3. The smallest absolute Gasteiger partial charge is 0.407 e. The number of ether oxygens (including phenoxy) is 1. The first-order chi connectivity index (χ1) is 15.2. The van der Waals surface area contributed by atoms with Gasteiger partial charge in [-0.25, -0.2) is 14.6 Å². The number of anilines is 1. The molecule has 0 aromatic carbocycles. The summed E-state index contributed by atoms with van der Waals surface area (Å²) in [7, 11) is 1.84. The lowest BCUT2D eigenvalue weighted by molar-refractivity contribution is 0.0491. The molecule has 1 saturated carbocycles. The van der Waals surface area contributed by atoms with Crippen LogP contribution in [-0.4, -0.2) is 56.1 Å². The average Bonchev–Trinajstić information content (AvgIpc) is 3.15. The van der Waals surface area contributed by atoms with Gasteiger partial charge < -0.3 is 15.4 Å². The number of alkyl carbamates (subject to hydrolysis) is 1. The van der Waals surface area contributed by atoms with E-state index in [4.69, 9.17) is 4.74 Å². The van der Waals surface area contributed by atoms with Gasteiger partial charge in [0.25, 0.3) is 0 Å². The van der Waals surface area contributed by atoms with Gasteiger partial charge in [-0.1, -0.05) is 0 Å². The number of nitrogens with zero attached hydrogens (tertiary/aromatic N) is 5. The van der Waals surface area contributed by atoms with E-state index in [1.165, 1.54) is 0 Å². The zero-order valence-electron chi connectivity index (χ0n) is 19.5. The lowest BCUT2D eigenvalue weighted by Crippen LogP contribution is -2.50. The van der Waals surface area contributed by atoms with Crippen LogP contribution >= 0.6 is 0 Å². The summed E-state index contributed by atoms with van der Waals surface area (Å²) in [5.41, 5.74) is 1.03. The van der Waals surface area contributed by atoms with Crippen LogP contribution in [0.25, 0.3) is 11.3 Å². The van der Waals surface area contributed by atoms with Crippen molar-refractivity contribution in [3.05, 3.63) is 24.8 Å². The third-order valence-corrected chi connectivity index (χ3v) is 5.22. The number of carbonyl (C=O) groups excluding carboxylic acids is 2. The van der Waals surface area contributed by atoms with Crippen molar-refractivity contribution in [2.75, 3.05) is 11.4 Å². The van der Waals surface area contributed by atoms with Gasteiger partial charge in [-0.2, -0.15) is 5.10 Å². The Balaban J connectivity index is 1.68. The van der Waals surface area contributed by atoms with E-state index >= 15 is 0 Å². The van der Waals surface area contributed by atoms with Crippen LogP contribution in [0.15, 0.2) is 24.8 Å². The fourth-order valence-electron chi connectivity index (χ4n) is 3.79. The first kappa shape index (κ1) is 23.5. The summed E-state index contributed by atoms with van der Waals surface area (Å²) in [6.07, 6.45) is 9.46. The molecule has 1 aliphatic carbocycles. The summed E-state index contributed by atoms with van der Waals surface area (Å²) in [6.45, 7) is 7.93. The molecule has 1 aliphatic rings. The number of aryl methyl sites for hydroxylation is 1. The van der Waals surface area contributed by atoms with Crippen LogP contribution in [0.5, 0.6) is 0 Å². The molecule has 2 aromatic heterocycles. The third-order valence-electron chi connectivity index (χ3n) is 5.22. The van der Waals surface area contributed by atoms with Crippen molar-refractivity contribution >= 4 is 17.9 Å². The number of nitrogens with one attached hydrogen (secondary N) is 2.